The van der Waals surface area contributed by atoms with Gasteiger partial charge in [0.2, 0.25) is 5.91 Å². The van der Waals surface area contributed by atoms with Gasteiger partial charge in [0, 0.05) is 63.1 Å². The number of carbonyl (C=O) groups excluding carboxylic acids is 2. The maximum Gasteiger partial charge on any atom is 0.584 e. The summed E-state index contributed by atoms with van der Waals surface area (Å²) in [6.45, 7) is 0. The molecular formula is C44H28ClN2O14P. The molecule has 2 aliphatic rings. The molecule has 1 unspecified atom stereocenters. The third-order valence-electron chi connectivity index (χ3n) is 9.40. The number of fused-ring (bicyclic) bond motifs is 3. The summed E-state index contributed by atoms with van der Waals surface area (Å²) in [5.74, 6) is -2.87. The largest absolute Gasteiger partial charge is 0.584 e. The van der Waals surface area contributed by atoms with Gasteiger partial charge in [-0.15, -0.1) is 0 Å². The van der Waals surface area contributed by atoms with Crippen molar-refractivity contribution in [3.05, 3.63) is 164 Å². The van der Waals surface area contributed by atoms with E-state index in [0.29, 0.717) is 33.2 Å². The van der Waals surface area contributed by atoms with Crippen molar-refractivity contribution >= 4 is 70.5 Å². The Hall–Kier alpha value is -7.91. The summed E-state index contributed by atoms with van der Waals surface area (Å²) < 4.78 is 34.3. The van der Waals surface area contributed by atoms with Gasteiger partial charge < -0.3 is 43.8 Å². The maximum absolute atomic E-state index is 13.5. The van der Waals surface area contributed by atoms with Gasteiger partial charge >= 0.3 is 19.4 Å². The van der Waals surface area contributed by atoms with Crippen molar-refractivity contribution in [3.63, 3.8) is 0 Å². The lowest BCUT2D eigenvalue weighted by Gasteiger charge is -2.17. The summed E-state index contributed by atoms with van der Waals surface area (Å²) in [5, 5.41) is 36.2. The number of amides is 2. The average molecular weight is 875 g/mol. The summed E-state index contributed by atoms with van der Waals surface area (Å²) in [4.78, 5) is 73.5. The summed E-state index contributed by atoms with van der Waals surface area (Å²) in [6.07, 6.45) is -0.246. The number of aromatic carboxylic acids is 1. The molecule has 1 aliphatic heterocycles. The molecule has 0 fully saturated rings. The van der Waals surface area contributed by atoms with E-state index in [1.165, 1.54) is 115 Å². The highest BCUT2D eigenvalue weighted by molar-refractivity contribution is 7.48. The molecular weight excluding hydrogens is 847 g/mol. The molecule has 2 amide bonds. The molecule has 0 saturated heterocycles. The number of phosphoric acid groups is 1. The molecule has 6 N–H and O–H groups in total. The lowest BCUT2D eigenvalue weighted by Crippen LogP contribution is -2.15. The summed E-state index contributed by atoms with van der Waals surface area (Å²) >= 11 is 6.00. The molecule has 0 radical (unpaired) electrons. The van der Waals surface area contributed by atoms with Crippen LogP contribution in [-0.4, -0.2) is 38.0 Å². The highest BCUT2D eigenvalue weighted by Crippen LogP contribution is 2.45. The lowest BCUT2D eigenvalue weighted by atomic mass is 9.89. The second-order valence-corrected chi connectivity index (χ2v) is 15.4. The van der Waals surface area contributed by atoms with Crippen molar-refractivity contribution in [1.29, 1.82) is 0 Å². The number of carboxylic acids is 1. The Balaban J connectivity index is 0.930. The van der Waals surface area contributed by atoms with Crippen LogP contribution in [0.5, 0.6) is 23.0 Å². The number of rotatable bonds is 11. The number of anilines is 2. The minimum absolute atomic E-state index is 0.00536. The number of aromatic hydroxyl groups is 2. The molecule has 0 bridgehead atoms. The second-order valence-electron chi connectivity index (χ2n) is 13.7. The highest BCUT2D eigenvalue weighted by Gasteiger charge is 2.26. The third kappa shape index (κ3) is 8.69. The van der Waals surface area contributed by atoms with Crippen LogP contribution in [0.4, 0.5) is 11.4 Å². The number of hydrogen-bond acceptors (Lipinski definition) is 12. The quantitative estimate of drug-likeness (QED) is 0.0405. The number of phenols is 2. The van der Waals surface area contributed by atoms with E-state index in [4.69, 9.17) is 29.5 Å². The first kappa shape index (κ1) is 40.9. The van der Waals surface area contributed by atoms with Gasteiger partial charge in [-0.05, 0) is 108 Å². The Morgan fingerprint density at radius 3 is 2.03 bits per heavy atom. The van der Waals surface area contributed by atoms with Gasteiger partial charge in [0.15, 0.2) is 5.43 Å². The molecule has 18 heteroatoms. The van der Waals surface area contributed by atoms with Crippen LogP contribution in [0.1, 0.15) is 26.3 Å². The molecule has 6 aromatic rings. The molecule has 1 aromatic heterocycles. The van der Waals surface area contributed by atoms with E-state index < -0.39 is 31.2 Å². The van der Waals surface area contributed by atoms with Crippen molar-refractivity contribution in [2.24, 2.45) is 0 Å². The van der Waals surface area contributed by atoms with Crippen molar-refractivity contribution in [2.75, 3.05) is 10.6 Å². The number of halogens is 1. The topological polar surface area (TPSA) is 252 Å². The zero-order chi connectivity index (χ0) is 43.9. The monoisotopic (exact) mass is 874 g/mol. The number of benzene rings is 6. The fourth-order valence-corrected chi connectivity index (χ4v) is 7.65. The Bertz CT molecular complexity index is 3260. The molecule has 1 atom stereocenters. The zero-order valence-electron chi connectivity index (χ0n) is 31.5. The Kier molecular flexibility index (Phi) is 10.7. The van der Waals surface area contributed by atoms with Crippen LogP contribution in [-0.2, 0) is 15.8 Å². The first-order chi connectivity index (χ1) is 29.6. The molecule has 0 saturated carbocycles. The van der Waals surface area contributed by atoms with Crippen LogP contribution in [0, 0.1) is 0 Å². The third-order valence-corrected chi connectivity index (χ3v) is 10.6. The van der Waals surface area contributed by atoms with E-state index in [-0.39, 0.29) is 79.2 Å². The number of nitrogens with one attached hydrogen (secondary N) is 2. The standard InChI is InChI=1S/C44H28ClN2O14P/c45-35-20-33-23(17-41(52)59-39(33)21-36(35)50)16-40(51)46-24-2-8-28(9-3-24)60-62(56,57)61-29-10-4-25(5-11-29)47-43(53)22-1-12-30(44(54)55)34(15-22)42-31-13-6-26(48)18-37(31)58-38-19-27(49)7-14-32(38)42/h1-15,17-21,48,50H,16H2,(H,46,51)(H,47,53)(H,54,55)(H,56,57). The summed E-state index contributed by atoms with van der Waals surface area (Å²) in [6, 6.07) is 26.8. The molecule has 310 valence electrons. The van der Waals surface area contributed by atoms with E-state index >= 15 is 0 Å². The van der Waals surface area contributed by atoms with Gasteiger partial charge in [-0.3, -0.25) is 19.3 Å². The number of phenolic OH excluding ortho intramolecular Hbond substituents is 2. The van der Waals surface area contributed by atoms with Crippen LogP contribution >= 0.6 is 19.4 Å². The fourth-order valence-electron chi connectivity index (χ4n) is 6.68. The Labute approximate surface area is 352 Å². The molecule has 62 heavy (non-hydrogen) atoms. The van der Waals surface area contributed by atoms with Crippen molar-refractivity contribution in [1.82, 2.24) is 0 Å². The average Bonchev–Trinajstić information content (AvgIpc) is 3.21. The highest BCUT2D eigenvalue weighted by atomic mass is 35.5. The number of carbonyl (C=O) groups is 3. The molecule has 2 heterocycles. The zero-order valence-corrected chi connectivity index (χ0v) is 33.1. The van der Waals surface area contributed by atoms with E-state index in [9.17, 15) is 48.8 Å². The number of hydrogen-bond donors (Lipinski definition) is 6. The van der Waals surface area contributed by atoms with Gasteiger partial charge in [0.25, 0.3) is 5.91 Å². The summed E-state index contributed by atoms with van der Waals surface area (Å²) in [7, 11) is -4.77. The van der Waals surface area contributed by atoms with Gasteiger partial charge in [-0.25, -0.2) is 14.2 Å². The SMILES string of the molecule is O=C(Cc1cc(=O)oc2cc(O)c(Cl)cc12)Nc1ccc(OP(=O)(O)Oc2ccc(NC(=O)c3ccc(C(=O)O)c(-c4c5ccc(=O)cc-5oc5cc(O)ccc45)c3)cc2)cc1. The van der Waals surface area contributed by atoms with Crippen molar-refractivity contribution in [3.8, 4) is 45.4 Å². The van der Waals surface area contributed by atoms with Gasteiger partial charge in [-0.1, -0.05) is 11.6 Å². The maximum atomic E-state index is 13.5. The van der Waals surface area contributed by atoms with Crippen molar-refractivity contribution < 1.29 is 57.0 Å². The minimum Gasteiger partial charge on any atom is -0.508 e. The molecule has 8 rings (SSSR count). The predicted octanol–water partition coefficient (Wildman–Crippen LogP) is 8.43. The predicted molar refractivity (Wildman–Crippen MR) is 227 cm³/mol. The van der Waals surface area contributed by atoms with E-state index in [1.54, 1.807) is 0 Å². The van der Waals surface area contributed by atoms with E-state index in [2.05, 4.69) is 10.6 Å². The molecule has 0 spiro atoms. The Morgan fingerprint density at radius 1 is 0.694 bits per heavy atom. The Morgan fingerprint density at radius 2 is 1.35 bits per heavy atom. The van der Waals surface area contributed by atoms with Crippen LogP contribution < -0.4 is 30.7 Å². The summed E-state index contributed by atoms with van der Waals surface area (Å²) in [5.41, 5.74) is 0.807. The number of phosphoric ester groups is 1. The van der Waals surface area contributed by atoms with Gasteiger partial charge in [0.05, 0.1) is 17.0 Å². The van der Waals surface area contributed by atoms with Crippen LogP contribution in [0.3, 0.4) is 0 Å². The smallest absolute Gasteiger partial charge is 0.508 e. The van der Waals surface area contributed by atoms with Crippen LogP contribution in [0.2, 0.25) is 5.02 Å². The van der Waals surface area contributed by atoms with E-state index in [0.717, 1.165) is 6.07 Å². The van der Waals surface area contributed by atoms with Gasteiger partial charge in [0.1, 0.15) is 39.9 Å². The van der Waals surface area contributed by atoms with E-state index in [1.807, 2.05) is 0 Å². The van der Waals surface area contributed by atoms with Gasteiger partial charge in [-0.2, -0.15) is 0 Å². The molecule has 5 aromatic carbocycles. The molecule has 1 aliphatic carbocycles. The normalized spacial score (nSPS) is 12.2. The van der Waals surface area contributed by atoms with Crippen LogP contribution in [0.25, 0.3) is 44.4 Å². The fraction of sp³-hybridized carbons (Fsp3) is 0.0227. The first-order valence-electron chi connectivity index (χ1n) is 18.1. The van der Waals surface area contributed by atoms with Crippen molar-refractivity contribution in [2.45, 2.75) is 6.42 Å². The lowest BCUT2D eigenvalue weighted by molar-refractivity contribution is -0.115. The minimum atomic E-state index is -4.77. The van der Waals surface area contributed by atoms with Crippen LogP contribution in [0.15, 0.2) is 140 Å². The first-order valence-corrected chi connectivity index (χ1v) is 20.0. The second kappa shape index (κ2) is 16.3. The number of carboxylic acid groups (broad SMARTS) is 1. The molecule has 16 nitrogen and oxygen atoms in total.